The van der Waals surface area contributed by atoms with Gasteiger partial charge in [0, 0.05) is 12.1 Å². The van der Waals surface area contributed by atoms with Crippen LogP contribution in [0.1, 0.15) is 39.0 Å². The third kappa shape index (κ3) is 4.21. The number of rotatable bonds is 5. The summed E-state index contributed by atoms with van der Waals surface area (Å²) >= 11 is 0. The van der Waals surface area contributed by atoms with Crippen molar-refractivity contribution in [3.8, 4) is 0 Å². The number of hydrogen-bond donors (Lipinski definition) is 1. The van der Waals surface area contributed by atoms with E-state index in [0.717, 1.165) is 19.5 Å². The molecule has 2 fully saturated rings. The molecule has 5 heteroatoms. The topological polar surface area (TPSA) is 49.4 Å². The van der Waals surface area contributed by atoms with Crippen LogP contribution in [0.2, 0.25) is 0 Å². The van der Waals surface area contributed by atoms with Gasteiger partial charge in [-0.25, -0.2) is 8.42 Å². The Morgan fingerprint density at radius 3 is 2.44 bits per heavy atom. The third-order valence-corrected chi connectivity index (χ3v) is 5.89. The van der Waals surface area contributed by atoms with E-state index < -0.39 is 9.84 Å². The second-order valence-corrected chi connectivity index (χ2v) is 7.96. The molecule has 0 amide bonds. The number of nitrogens with zero attached hydrogens (tertiary/aromatic N) is 1. The van der Waals surface area contributed by atoms with Crippen LogP contribution in [0.3, 0.4) is 0 Å². The zero-order valence-electron chi connectivity index (χ0n) is 11.4. The molecule has 1 unspecified atom stereocenters. The van der Waals surface area contributed by atoms with Crippen molar-refractivity contribution in [1.29, 1.82) is 0 Å². The number of nitrogens with one attached hydrogen (secondary N) is 1. The summed E-state index contributed by atoms with van der Waals surface area (Å²) in [5.74, 6) is 0.725. The molecule has 0 aromatic rings. The normalized spacial score (nSPS) is 29.7. The van der Waals surface area contributed by atoms with Gasteiger partial charge in [0.05, 0.1) is 11.5 Å². The molecule has 4 nitrogen and oxygen atoms in total. The van der Waals surface area contributed by atoms with Gasteiger partial charge in [0.25, 0.3) is 0 Å². The quantitative estimate of drug-likeness (QED) is 0.813. The van der Waals surface area contributed by atoms with E-state index in [9.17, 15) is 8.42 Å². The number of likely N-dealkylation sites (tertiary alicyclic amines) is 1. The second-order valence-electron chi connectivity index (χ2n) is 5.74. The van der Waals surface area contributed by atoms with Gasteiger partial charge >= 0.3 is 0 Å². The van der Waals surface area contributed by atoms with Gasteiger partial charge in [0.2, 0.25) is 0 Å². The van der Waals surface area contributed by atoms with E-state index in [0.29, 0.717) is 17.5 Å². The summed E-state index contributed by atoms with van der Waals surface area (Å²) in [6, 6.07) is 0.739. The maximum atomic E-state index is 11.4. The summed E-state index contributed by atoms with van der Waals surface area (Å²) < 4.78 is 22.8. The van der Waals surface area contributed by atoms with Crippen LogP contribution in [0.15, 0.2) is 0 Å². The Labute approximate surface area is 111 Å². The maximum Gasteiger partial charge on any atom is 0.151 e. The van der Waals surface area contributed by atoms with Crippen molar-refractivity contribution in [1.82, 2.24) is 10.2 Å². The zero-order valence-corrected chi connectivity index (χ0v) is 12.2. The summed E-state index contributed by atoms with van der Waals surface area (Å²) in [7, 11) is -2.74. The molecule has 18 heavy (non-hydrogen) atoms. The Hall–Kier alpha value is -0.130. The Morgan fingerprint density at radius 1 is 1.17 bits per heavy atom. The minimum absolute atomic E-state index is 0.210. The van der Waals surface area contributed by atoms with Gasteiger partial charge in [0.1, 0.15) is 0 Å². The largest absolute Gasteiger partial charge is 0.310 e. The number of hydrogen-bond acceptors (Lipinski definition) is 4. The van der Waals surface area contributed by atoms with Crippen molar-refractivity contribution in [2.45, 2.75) is 51.1 Å². The highest BCUT2D eigenvalue weighted by molar-refractivity contribution is 7.91. The average molecular weight is 274 g/mol. The molecule has 0 radical (unpaired) electrons. The first-order chi connectivity index (χ1) is 8.59. The van der Waals surface area contributed by atoms with Crippen LogP contribution in [0, 0.1) is 0 Å². The standard InChI is InChI=1S/C13H26N2O2S/c1-2-3-7-15-8-4-12(5-9-15)14-13-6-10-18(16,17)11-13/h12-14H,2-11H2,1H3. The minimum Gasteiger partial charge on any atom is -0.310 e. The van der Waals surface area contributed by atoms with E-state index >= 15 is 0 Å². The predicted molar refractivity (Wildman–Crippen MR) is 74.6 cm³/mol. The summed E-state index contributed by atoms with van der Waals surface area (Å²) in [6.45, 7) is 5.78. The molecule has 0 aromatic heterocycles. The van der Waals surface area contributed by atoms with E-state index in [2.05, 4.69) is 17.1 Å². The average Bonchev–Trinajstić information content (AvgIpc) is 2.68. The van der Waals surface area contributed by atoms with Crippen LogP contribution in [0.5, 0.6) is 0 Å². The van der Waals surface area contributed by atoms with E-state index in [1.807, 2.05) is 0 Å². The van der Waals surface area contributed by atoms with Gasteiger partial charge in [-0.15, -0.1) is 0 Å². The maximum absolute atomic E-state index is 11.4. The lowest BCUT2D eigenvalue weighted by Gasteiger charge is -2.33. The SMILES string of the molecule is CCCCN1CCC(NC2CCS(=O)(=O)C2)CC1. The Bertz CT molecular complexity index is 348. The molecule has 0 spiro atoms. The van der Waals surface area contributed by atoms with E-state index in [1.54, 1.807) is 0 Å². The van der Waals surface area contributed by atoms with Crippen molar-refractivity contribution in [2.24, 2.45) is 0 Å². The third-order valence-electron chi connectivity index (χ3n) is 4.12. The van der Waals surface area contributed by atoms with Crippen molar-refractivity contribution in [2.75, 3.05) is 31.1 Å². The molecule has 2 aliphatic heterocycles. The first-order valence-corrected chi connectivity index (χ1v) is 9.10. The number of sulfone groups is 1. The van der Waals surface area contributed by atoms with E-state index in [-0.39, 0.29) is 6.04 Å². The van der Waals surface area contributed by atoms with Gasteiger partial charge in [-0.05, 0) is 45.3 Å². The van der Waals surface area contributed by atoms with E-state index in [4.69, 9.17) is 0 Å². The lowest BCUT2D eigenvalue weighted by atomic mass is 10.0. The van der Waals surface area contributed by atoms with Crippen LogP contribution >= 0.6 is 0 Å². The molecular weight excluding hydrogens is 248 g/mol. The molecule has 0 aromatic carbocycles. The van der Waals surface area contributed by atoms with Crippen LogP contribution in [-0.4, -0.2) is 56.5 Å². The molecule has 1 atom stereocenters. The number of unbranched alkanes of at least 4 members (excludes halogenated alkanes) is 1. The van der Waals surface area contributed by atoms with Crippen molar-refractivity contribution in [3.63, 3.8) is 0 Å². The molecule has 106 valence electrons. The van der Waals surface area contributed by atoms with Crippen LogP contribution in [0.4, 0.5) is 0 Å². The second kappa shape index (κ2) is 6.35. The lowest BCUT2D eigenvalue weighted by Crippen LogP contribution is -2.46. The fourth-order valence-corrected chi connectivity index (χ4v) is 4.65. The van der Waals surface area contributed by atoms with Gasteiger partial charge in [-0.1, -0.05) is 13.3 Å². The molecular formula is C13H26N2O2S. The van der Waals surface area contributed by atoms with Crippen molar-refractivity contribution >= 4 is 9.84 Å². The first-order valence-electron chi connectivity index (χ1n) is 7.28. The van der Waals surface area contributed by atoms with Crippen molar-refractivity contribution < 1.29 is 8.42 Å². The lowest BCUT2D eigenvalue weighted by molar-refractivity contribution is 0.190. The predicted octanol–water partition coefficient (Wildman–Crippen LogP) is 1.03. The molecule has 2 aliphatic rings. The van der Waals surface area contributed by atoms with Gasteiger partial charge in [-0.3, -0.25) is 0 Å². The highest BCUT2D eigenvalue weighted by atomic mass is 32.2. The van der Waals surface area contributed by atoms with E-state index in [1.165, 1.54) is 32.2 Å². The molecule has 2 heterocycles. The smallest absolute Gasteiger partial charge is 0.151 e. The van der Waals surface area contributed by atoms with Crippen LogP contribution in [-0.2, 0) is 9.84 Å². The molecule has 0 aliphatic carbocycles. The molecule has 2 rings (SSSR count). The summed E-state index contributed by atoms with van der Waals surface area (Å²) in [6.07, 6.45) is 5.69. The Kier molecular flexibility index (Phi) is 5.04. The fourth-order valence-electron chi connectivity index (χ4n) is 2.96. The highest BCUT2D eigenvalue weighted by Gasteiger charge is 2.30. The molecule has 2 saturated heterocycles. The van der Waals surface area contributed by atoms with Crippen LogP contribution in [0.25, 0.3) is 0 Å². The van der Waals surface area contributed by atoms with Crippen molar-refractivity contribution in [3.05, 3.63) is 0 Å². The summed E-state index contributed by atoms with van der Waals surface area (Å²) in [4.78, 5) is 2.53. The monoisotopic (exact) mass is 274 g/mol. The van der Waals surface area contributed by atoms with Gasteiger partial charge < -0.3 is 10.2 Å². The van der Waals surface area contributed by atoms with Gasteiger partial charge in [0.15, 0.2) is 9.84 Å². The molecule has 0 bridgehead atoms. The minimum atomic E-state index is -2.74. The van der Waals surface area contributed by atoms with Gasteiger partial charge in [-0.2, -0.15) is 0 Å². The Morgan fingerprint density at radius 2 is 1.89 bits per heavy atom. The van der Waals surface area contributed by atoms with Crippen LogP contribution < -0.4 is 5.32 Å². The summed E-state index contributed by atoms with van der Waals surface area (Å²) in [5.41, 5.74) is 0. The fraction of sp³-hybridized carbons (Fsp3) is 1.00. The molecule has 0 saturated carbocycles. The number of piperidine rings is 1. The summed E-state index contributed by atoms with van der Waals surface area (Å²) in [5, 5.41) is 3.54. The molecule has 1 N–H and O–H groups in total. The first kappa shape index (κ1) is 14.3. The Balaban J connectivity index is 1.68. The zero-order chi connectivity index (χ0) is 13.0. The highest BCUT2D eigenvalue weighted by Crippen LogP contribution is 2.16.